The molecule has 0 spiro atoms. The summed E-state index contributed by atoms with van der Waals surface area (Å²) in [6.07, 6.45) is 0. The Morgan fingerprint density at radius 3 is 1.12 bits per heavy atom. The summed E-state index contributed by atoms with van der Waals surface area (Å²) in [4.78, 5) is -2.28. The van der Waals surface area contributed by atoms with Crippen LogP contribution in [0.4, 0.5) is 0 Å². The van der Waals surface area contributed by atoms with Crippen molar-refractivity contribution in [3.8, 4) is 11.5 Å². The van der Waals surface area contributed by atoms with E-state index in [0.29, 0.717) is 6.07 Å². The first-order chi connectivity index (χ1) is 11.9. The minimum atomic E-state index is -4.87. The number of aromatic hydroxyl groups is 2. The summed E-state index contributed by atoms with van der Waals surface area (Å²) in [7, 11) is -9.74. The van der Waals surface area contributed by atoms with Crippen molar-refractivity contribution in [2.75, 3.05) is 26.2 Å². The van der Waals surface area contributed by atoms with Gasteiger partial charge in [0, 0.05) is 6.07 Å². The first-order valence-corrected chi connectivity index (χ1v) is 10.7. The van der Waals surface area contributed by atoms with Gasteiger partial charge in [-0.2, -0.15) is 16.8 Å². The second-order valence-corrected chi connectivity index (χ2v) is 7.43. The molecule has 1 aromatic carbocycles. The van der Waals surface area contributed by atoms with Gasteiger partial charge < -0.3 is 20.8 Å². The molecule has 0 bridgehead atoms. The van der Waals surface area contributed by atoms with Crippen molar-refractivity contribution in [3.05, 3.63) is 12.1 Å². The van der Waals surface area contributed by atoms with Gasteiger partial charge in [-0.1, -0.05) is 27.7 Å². The summed E-state index contributed by atoms with van der Waals surface area (Å²) in [6.45, 7) is 12.8. The summed E-state index contributed by atoms with van der Waals surface area (Å²) >= 11 is 0. The van der Waals surface area contributed by atoms with E-state index in [-0.39, 0.29) is 6.07 Å². The molecule has 154 valence electrons. The van der Waals surface area contributed by atoms with Crippen LogP contribution < -0.4 is 10.6 Å². The Morgan fingerprint density at radius 2 is 0.962 bits per heavy atom. The number of nitrogens with one attached hydrogen (secondary N) is 2. The predicted molar refractivity (Wildman–Crippen MR) is 97.8 cm³/mol. The summed E-state index contributed by atoms with van der Waals surface area (Å²) in [5, 5.41) is 24.3. The van der Waals surface area contributed by atoms with Crippen molar-refractivity contribution >= 4 is 20.2 Å². The van der Waals surface area contributed by atoms with Crippen LogP contribution in [0.25, 0.3) is 0 Å². The Hall–Kier alpha value is -1.44. The van der Waals surface area contributed by atoms with Gasteiger partial charge in [0.2, 0.25) is 0 Å². The first-order valence-electron chi connectivity index (χ1n) is 7.78. The normalized spacial score (nSPS) is 11.0. The highest BCUT2D eigenvalue weighted by Crippen LogP contribution is 2.32. The lowest BCUT2D eigenvalue weighted by Crippen LogP contribution is -2.09. The Balaban J connectivity index is 0. The molecular formula is C14H28N2O8S2. The molecule has 0 radical (unpaired) electrons. The molecule has 0 aliphatic rings. The molecule has 0 amide bonds. The van der Waals surface area contributed by atoms with Gasteiger partial charge in [-0.05, 0) is 32.2 Å². The van der Waals surface area contributed by atoms with E-state index in [1.165, 1.54) is 0 Å². The molecule has 0 heterocycles. The maximum Gasteiger partial charge on any atom is 0.298 e. The molecule has 0 atom stereocenters. The SMILES string of the molecule is CCNCC.CCNCC.O=S(=O)(O)c1cc(S(=O)(=O)O)c(O)cc1O. The number of phenolic OH excluding ortho intramolecular Hbond substituents is 2. The second kappa shape index (κ2) is 12.8. The van der Waals surface area contributed by atoms with Gasteiger partial charge in [0.1, 0.15) is 21.3 Å². The minimum absolute atomic E-state index is 0.231. The molecule has 0 saturated heterocycles. The molecule has 12 heteroatoms. The highest BCUT2D eigenvalue weighted by molar-refractivity contribution is 7.86. The van der Waals surface area contributed by atoms with Crippen molar-refractivity contribution in [1.29, 1.82) is 0 Å². The van der Waals surface area contributed by atoms with Crippen LogP contribution in [0.5, 0.6) is 11.5 Å². The van der Waals surface area contributed by atoms with Gasteiger partial charge in [-0.25, -0.2) is 0 Å². The smallest absolute Gasteiger partial charge is 0.298 e. The summed E-state index contributed by atoms with van der Waals surface area (Å²) in [6, 6.07) is 0.599. The molecule has 0 aliphatic carbocycles. The molecule has 1 aromatic rings. The van der Waals surface area contributed by atoms with E-state index in [0.717, 1.165) is 26.2 Å². The molecule has 0 fully saturated rings. The fourth-order valence-electron chi connectivity index (χ4n) is 1.45. The lowest BCUT2D eigenvalue weighted by atomic mass is 10.3. The fraction of sp³-hybridized carbons (Fsp3) is 0.571. The van der Waals surface area contributed by atoms with E-state index in [9.17, 15) is 16.8 Å². The van der Waals surface area contributed by atoms with Gasteiger partial charge in [0.25, 0.3) is 20.2 Å². The number of rotatable bonds is 6. The van der Waals surface area contributed by atoms with Crippen LogP contribution in [0.3, 0.4) is 0 Å². The average molecular weight is 417 g/mol. The highest BCUT2D eigenvalue weighted by Gasteiger charge is 2.24. The number of phenols is 2. The first kappa shape index (κ1) is 26.8. The van der Waals surface area contributed by atoms with Gasteiger partial charge in [0.05, 0.1) is 0 Å². The number of benzene rings is 1. The summed E-state index contributed by atoms with van der Waals surface area (Å²) in [5.74, 6) is -2.10. The Kier molecular flexibility index (Phi) is 13.2. The quantitative estimate of drug-likeness (QED) is 0.364. The minimum Gasteiger partial charge on any atom is -0.506 e. The zero-order valence-corrected chi connectivity index (χ0v) is 16.9. The van der Waals surface area contributed by atoms with Crippen LogP contribution in [0, 0.1) is 0 Å². The topological polar surface area (TPSA) is 173 Å². The molecule has 0 saturated carbocycles. The number of hydrogen-bond acceptors (Lipinski definition) is 8. The molecule has 6 N–H and O–H groups in total. The largest absolute Gasteiger partial charge is 0.506 e. The summed E-state index contributed by atoms with van der Waals surface area (Å²) in [5.41, 5.74) is 0. The third-order valence-electron chi connectivity index (χ3n) is 2.60. The van der Waals surface area contributed by atoms with Gasteiger partial charge in [0.15, 0.2) is 0 Å². The average Bonchev–Trinajstić information content (AvgIpc) is 2.47. The maximum atomic E-state index is 10.7. The fourth-order valence-corrected chi connectivity index (χ4v) is 2.71. The van der Waals surface area contributed by atoms with Crippen molar-refractivity contribution in [2.45, 2.75) is 37.5 Å². The number of hydrogen-bond donors (Lipinski definition) is 6. The third-order valence-corrected chi connectivity index (χ3v) is 4.36. The van der Waals surface area contributed by atoms with Crippen LogP contribution in [-0.2, 0) is 20.2 Å². The maximum absolute atomic E-state index is 10.7. The Bertz CT molecular complexity index is 670. The monoisotopic (exact) mass is 416 g/mol. The van der Waals surface area contributed by atoms with Crippen LogP contribution >= 0.6 is 0 Å². The van der Waals surface area contributed by atoms with E-state index in [1.807, 2.05) is 0 Å². The van der Waals surface area contributed by atoms with Crippen LogP contribution in [-0.4, -0.2) is 62.3 Å². The van der Waals surface area contributed by atoms with E-state index < -0.39 is 41.5 Å². The van der Waals surface area contributed by atoms with E-state index in [4.69, 9.17) is 19.3 Å². The van der Waals surface area contributed by atoms with Crippen LogP contribution in [0.15, 0.2) is 21.9 Å². The van der Waals surface area contributed by atoms with Crippen molar-refractivity contribution in [2.24, 2.45) is 0 Å². The van der Waals surface area contributed by atoms with E-state index in [1.54, 1.807) is 0 Å². The zero-order valence-electron chi connectivity index (χ0n) is 15.2. The lowest BCUT2D eigenvalue weighted by Gasteiger charge is -2.05. The zero-order chi connectivity index (χ0) is 21.0. The second-order valence-electron chi connectivity index (χ2n) is 4.65. The molecule has 0 aliphatic heterocycles. The molecule has 0 aromatic heterocycles. The molecular weight excluding hydrogens is 388 g/mol. The highest BCUT2D eigenvalue weighted by atomic mass is 32.2. The lowest BCUT2D eigenvalue weighted by molar-refractivity contribution is 0.418. The standard InChI is InChI=1S/C6H6O8S2.2C4H11N/c7-3-1-4(8)6(16(12,13)14)2-5(3)15(9,10)11;2*1-3-5-4-2/h1-2,7-8H,(H,9,10,11)(H,12,13,14);2*5H,3-4H2,1-2H3. The van der Waals surface area contributed by atoms with Gasteiger partial charge in [-0.15, -0.1) is 0 Å². The Morgan fingerprint density at radius 1 is 0.692 bits per heavy atom. The van der Waals surface area contributed by atoms with E-state index >= 15 is 0 Å². The molecule has 26 heavy (non-hydrogen) atoms. The Labute approximate surface area is 154 Å². The van der Waals surface area contributed by atoms with Gasteiger partial charge in [-0.3, -0.25) is 9.11 Å². The molecule has 1 rings (SSSR count). The predicted octanol–water partition coefficient (Wildman–Crippen LogP) is 0.823. The van der Waals surface area contributed by atoms with Crippen LogP contribution in [0.1, 0.15) is 27.7 Å². The van der Waals surface area contributed by atoms with Crippen molar-refractivity contribution in [3.63, 3.8) is 0 Å². The molecule has 0 unspecified atom stereocenters. The molecule has 10 nitrogen and oxygen atoms in total. The van der Waals surface area contributed by atoms with Crippen molar-refractivity contribution < 1.29 is 36.2 Å². The van der Waals surface area contributed by atoms with E-state index in [2.05, 4.69) is 38.3 Å². The third kappa shape index (κ3) is 11.2. The van der Waals surface area contributed by atoms with Gasteiger partial charge >= 0.3 is 0 Å². The summed E-state index contributed by atoms with van der Waals surface area (Å²) < 4.78 is 59.9. The van der Waals surface area contributed by atoms with Crippen LogP contribution in [0.2, 0.25) is 0 Å². The van der Waals surface area contributed by atoms with Crippen molar-refractivity contribution in [1.82, 2.24) is 10.6 Å².